The van der Waals surface area contributed by atoms with Crippen LogP contribution in [0.4, 0.5) is 0 Å². The van der Waals surface area contributed by atoms with Gasteiger partial charge in [0.1, 0.15) is 22.7 Å². The molecule has 1 aromatic heterocycles. The molecule has 0 N–H and O–H groups in total. The summed E-state index contributed by atoms with van der Waals surface area (Å²) in [5, 5.41) is 1.95. The summed E-state index contributed by atoms with van der Waals surface area (Å²) in [5.41, 5.74) is 12.6. The van der Waals surface area contributed by atoms with Gasteiger partial charge in [0.25, 0.3) is 0 Å². The molecule has 0 saturated heterocycles. The van der Waals surface area contributed by atoms with Crippen molar-refractivity contribution in [3.63, 3.8) is 0 Å². The number of methoxy groups -OCH3 is 1. The van der Waals surface area contributed by atoms with Gasteiger partial charge >= 0.3 is 8.24 Å². The Hall–Kier alpha value is -3.62. The Morgan fingerprint density at radius 3 is 1.40 bits per heavy atom. The highest BCUT2D eigenvalue weighted by molar-refractivity contribution is 7.32. The first-order valence-electron chi connectivity index (χ1n) is 17.9. The zero-order valence-corrected chi connectivity index (χ0v) is 34.6. The molecule has 0 aliphatic heterocycles. The topological polar surface area (TPSA) is 44.7 Å². The normalized spacial score (nSPS) is 13.3. The van der Waals surface area contributed by atoms with Gasteiger partial charge in [0.05, 0.1) is 7.11 Å². The number of rotatable bonds is 4. The van der Waals surface area contributed by atoms with Crippen LogP contribution >= 0.6 is 8.24 Å². The molecule has 1 atom stereocenters. The highest BCUT2D eigenvalue weighted by Crippen LogP contribution is 2.50. The predicted molar refractivity (Wildman–Crippen MR) is 215 cm³/mol. The summed E-state index contributed by atoms with van der Waals surface area (Å²) >= 11 is 0. The summed E-state index contributed by atoms with van der Waals surface area (Å²) in [5.74, 6) is 1.60. The third-order valence-electron chi connectivity index (χ3n) is 9.63. The van der Waals surface area contributed by atoms with Crippen LogP contribution in [0, 0.1) is 27.7 Å². The second-order valence-electron chi connectivity index (χ2n) is 18.4. The first-order chi connectivity index (χ1) is 22.9. The van der Waals surface area contributed by atoms with Crippen LogP contribution in [0.2, 0.25) is 0 Å². The van der Waals surface area contributed by atoms with Crippen LogP contribution in [0.5, 0.6) is 11.5 Å². The molecule has 0 aliphatic carbocycles. The van der Waals surface area contributed by atoms with Crippen molar-refractivity contribution >= 4 is 30.2 Å². The smallest absolute Gasteiger partial charge is 0.453 e. The van der Waals surface area contributed by atoms with Gasteiger partial charge in [-0.2, -0.15) is 0 Å². The zero-order valence-electron chi connectivity index (χ0n) is 33.7. The number of benzene rings is 4. The molecule has 5 rings (SSSR count). The number of hydrogen-bond donors (Lipinski definition) is 0. The van der Waals surface area contributed by atoms with Crippen LogP contribution in [0.25, 0.3) is 33.1 Å². The van der Waals surface area contributed by atoms with Crippen molar-refractivity contribution in [2.75, 3.05) is 7.11 Å². The molecule has 0 bridgehead atoms. The first kappa shape index (κ1) is 37.6. The molecule has 0 fully saturated rings. The molecule has 1 heterocycles. The fraction of sp³-hybridized carbons (Fsp3) is 0.467. The number of ether oxygens (including phenoxy) is 1. The lowest BCUT2D eigenvalue weighted by Crippen LogP contribution is -2.15. The third-order valence-corrected chi connectivity index (χ3v) is 10.6. The number of hydrogen-bond acceptors (Lipinski definition) is 4. The van der Waals surface area contributed by atoms with Crippen molar-refractivity contribution in [1.82, 2.24) is 0 Å². The Labute approximate surface area is 302 Å². The summed E-state index contributed by atoms with van der Waals surface area (Å²) in [6.07, 6.45) is 0. The maximum atomic E-state index is 7.28. The van der Waals surface area contributed by atoms with E-state index >= 15 is 0 Å². The molecule has 0 spiro atoms. The van der Waals surface area contributed by atoms with Gasteiger partial charge in [-0.3, -0.25) is 0 Å². The molecule has 5 heteroatoms. The minimum atomic E-state index is -1.97. The zero-order chi connectivity index (χ0) is 37.3. The van der Waals surface area contributed by atoms with Crippen molar-refractivity contribution in [2.45, 2.75) is 132 Å². The number of aryl methyl sites for hydroxylation is 3. The van der Waals surface area contributed by atoms with E-state index < -0.39 is 8.24 Å². The Morgan fingerprint density at radius 1 is 0.480 bits per heavy atom. The predicted octanol–water partition coefficient (Wildman–Crippen LogP) is 14.2. The second kappa shape index (κ2) is 12.9. The standard InChI is InChI=1S/C45H59O4P/c1-26-18-31(29(4)35(21-26)42(5,6)7)32-19-27(2)22-36(43(8,9)10)39(32)47-50-48-40-33(20-28(3)23-37(40)44(11,12)13)34-24-30(46-17)25-38(41(34)49-50)45(14,15)16/h18-25H,1-17H3. The fourth-order valence-electron chi connectivity index (χ4n) is 7.03. The maximum absolute atomic E-state index is 7.28. The molecule has 268 valence electrons. The van der Waals surface area contributed by atoms with Gasteiger partial charge in [0, 0.05) is 33.0 Å². The molecule has 0 amide bonds. The van der Waals surface area contributed by atoms with Crippen molar-refractivity contribution in [3.8, 4) is 22.6 Å². The van der Waals surface area contributed by atoms with Gasteiger partial charge in [-0.15, -0.1) is 0 Å². The second-order valence-corrected chi connectivity index (χ2v) is 19.4. The van der Waals surface area contributed by atoms with E-state index in [1.165, 1.54) is 27.8 Å². The molecule has 4 aromatic carbocycles. The summed E-state index contributed by atoms with van der Waals surface area (Å²) < 4.78 is 27.4. The average Bonchev–Trinajstić information content (AvgIpc) is 3.12. The Bertz CT molecular complexity index is 2140. The summed E-state index contributed by atoms with van der Waals surface area (Å²) in [6.45, 7) is 35.7. The minimum absolute atomic E-state index is 0.0144. The maximum Gasteiger partial charge on any atom is 0.453 e. The van der Waals surface area contributed by atoms with Crippen LogP contribution in [0.3, 0.4) is 0 Å². The van der Waals surface area contributed by atoms with Gasteiger partial charge < -0.3 is 17.7 Å². The van der Waals surface area contributed by atoms with E-state index in [9.17, 15) is 0 Å². The Morgan fingerprint density at radius 2 is 0.900 bits per heavy atom. The van der Waals surface area contributed by atoms with Crippen molar-refractivity contribution in [1.29, 1.82) is 0 Å². The molecule has 0 saturated carbocycles. The van der Waals surface area contributed by atoms with E-state index in [-0.39, 0.29) is 21.7 Å². The van der Waals surface area contributed by atoms with Crippen LogP contribution in [-0.4, -0.2) is 7.11 Å². The fourth-order valence-corrected chi connectivity index (χ4v) is 8.18. The molecule has 0 aliphatic rings. The van der Waals surface area contributed by atoms with Crippen molar-refractivity contribution in [3.05, 3.63) is 93.0 Å². The van der Waals surface area contributed by atoms with Crippen molar-refractivity contribution < 1.29 is 17.7 Å². The van der Waals surface area contributed by atoms with Crippen LogP contribution in [0.15, 0.2) is 56.9 Å². The lowest BCUT2D eigenvalue weighted by atomic mass is 9.78. The van der Waals surface area contributed by atoms with Crippen molar-refractivity contribution in [2.24, 2.45) is 0 Å². The molecular formula is C45H59O4P. The lowest BCUT2D eigenvalue weighted by molar-refractivity contribution is 0.413. The van der Waals surface area contributed by atoms with Gasteiger partial charge in [0.2, 0.25) is 0 Å². The first-order valence-corrected chi connectivity index (χ1v) is 19.0. The summed E-state index contributed by atoms with van der Waals surface area (Å²) in [4.78, 5) is 0. The Balaban J connectivity index is 1.99. The van der Waals surface area contributed by atoms with E-state index in [4.69, 9.17) is 17.7 Å². The lowest BCUT2D eigenvalue weighted by Gasteiger charge is -2.28. The van der Waals surface area contributed by atoms with E-state index in [0.717, 1.165) is 61.3 Å². The van der Waals surface area contributed by atoms with Crippen LogP contribution in [0.1, 0.15) is 128 Å². The molecular weight excluding hydrogens is 635 g/mol. The molecule has 50 heavy (non-hydrogen) atoms. The van der Waals surface area contributed by atoms with Gasteiger partial charge in [-0.1, -0.05) is 113 Å². The largest absolute Gasteiger partial charge is 0.497 e. The van der Waals surface area contributed by atoms with Crippen LogP contribution < -0.4 is 9.26 Å². The quantitative estimate of drug-likeness (QED) is 0.188. The molecule has 1 unspecified atom stereocenters. The average molecular weight is 695 g/mol. The highest BCUT2D eigenvalue weighted by Gasteiger charge is 2.29. The number of fused-ring (bicyclic) bond motifs is 3. The van der Waals surface area contributed by atoms with E-state index in [1.54, 1.807) is 7.11 Å². The molecule has 0 radical (unpaired) electrons. The SMILES string of the molecule is COc1cc(C(C)(C)C)c2op(Oc3c(-c4cc(C)cc(C(C)(C)C)c4C)cc(C)cc3C(C)(C)C)oc3c(C(C)(C)C)cc(C)cc3c2c1. The third kappa shape index (κ3) is 7.38. The summed E-state index contributed by atoms with van der Waals surface area (Å²) in [6, 6.07) is 17.8. The monoisotopic (exact) mass is 694 g/mol. The van der Waals surface area contributed by atoms with Gasteiger partial charge in [0.15, 0.2) is 0 Å². The minimum Gasteiger partial charge on any atom is -0.497 e. The summed E-state index contributed by atoms with van der Waals surface area (Å²) in [7, 11) is -0.243. The molecule has 4 nitrogen and oxygen atoms in total. The van der Waals surface area contributed by atoms with E-state index in [1.807, 2.05) is 0 Å². The van der Waals surface area contributed by atoms with Gasteiger partial charge in [-0.05, 0) is 101 Å². The van der Waals surface area contributed by atoms with Crippen LogP contribution in [-0.2, 0) is 21.7 Å². The van der Waals surface area contributed by atoms with E-state index in [0.29, 0.717) is 0 Å². The van der Waals surface area contributed by atoms with E-state index in [2.05, 4.69) is 159 Å². The Kier molecular flexibility index (Phi) is 9.68. The van der Waals surface area contributed by atoms with Gasteiger partial charge in [-0.25, -0.2) is 0 Å². The highest BCUT2D eigenvalue weighted by atomic mass is 31.1. The molecule has 5 aromatic rings.